The van der Waals surface area contributed by atoms with Crippen molar-refractivity contribution in [2.75, 3.05) is 29.9 Å². The number of benzene rings is 1. The molecule has 1 aliphatic carbocycles. The number of ether oxygens (including phenoxy) is 1. The molecule has 3 heterocycles. The molecule has 12 heteroatoms. The largest absolute Gasteiger partial charge is 0.476 e. The van der Waals surface area contributed by atoms with E-state index in [4.69, 9.17) is 21.3 Å². The van der Waals surface area contributed by atoms with Gasteiger partial charge < -0.3 is 25.4 Å². The molecular formula is C26H29ClN6O5. The first-order valence-electron chi connectivity index (χ1n) is 12.5. The topological polar surface area (TPSA) is 139 Å². The summed E-state index contributed by atoms with van der Waals surface area (Å²) in [7, 11) is 1.71. The monoisotopic (exact) mass is 540 g/mol. The fraction of sp³-hybridized carbons (Fsp3) is 0.423. The number of anilines is 2. The molecule has 3 aromatic rings. The summed E-state index contributed by atoms with van der Waals surface area (Å²) in [5.74, 6) is -0.249. The molecule has 1 saturated carbocycles. The van der Waals surface area contributed by atoms with E-state index in [1.165, 1.54) is 6.07 Å². The lowest BCUT2D eigenvalue weighted by atomic mass is 10.0. The highest BCUT2D eigenvalue weighted by Crippen LogP contribution is 2.48. The summed E-state index contributed by atoms with van der Waals surface area (Å²) >= 11 is 5.90. The molecule has 1 saturated heterocycles. The molecule has 1 aromatic carbocycles. The average Bonchev–Trinajstić information content (AvgIpc) is 3.29. The number of amides is 1. The van der Waals surface area contributed by atoms with Gasteiger partial charge in [0.2, 0.25) is 5.95 Å². The van der Waals surface area contributed by atoms with Crippen LogP contribution in [0.1, 0.15) is 41.5 Å². The summed E-state index contributed by atoms with van der Waals surface area (Å²) in [5, 5.41) is 16.0. The summed E-state index contributed by atoms with van der Waals surface area (Å²) in [6.45, 7) is 7.39. The van der Waals surface area contributed by atoms with E-state index in [1.54, 1.807) is 17.7 Å². The van der Waals surface area contributed by atoms with Crippen molar-refractivity contribution >= 4 is 46.2 Å². The number of alkyl carbamates (subject to hydrolysis) is 1. The zero-order valence-corrected chi connectivity index (χ0v) is 22.2. The second kappa shape index (κ2) is 9.79. The Hall–Kier alpha value is -3.86. The van der Waals surface area contributed by atoms with Gasteiger partial charge in [0.05, 0.1) is 22.6 Å². The molecule has 3 N–H and O–H groups in total. The average molecular weight is 541 g/mol. The maximum Gasteiger partial charge on any atom is 0.407 e. The van der Waals surface area contributed by atoms with Crippen molar-refractivity contribution in [2.45, 2.75) is 32.9 Å². The third-order valence-corrected chi connectivity index (χ3v) is 7.41. The molecule has 0 spiro atoms. The van der Waals surface area contributed by atoms with Gasteiger partial charge in [0, 0.05) is 44.1 Å². The van der Waals surface area contributed by atoms with E-state index >= 15 is 0 Å². The highest BCUT2D eigenvalue weighted by atomic mass is 35.5. The summed E-state index contributed by atoms with van der Waals surface area (Å²) in [4.78, 5) is 47.9. The van der Waals surface area contributed by atoms with Crippen LogP contribution in [0.2, 0.25) is 5.15 Å². The number of carboxylic acid groups (broad SMARTS) is 1. The minimum Gasteiger partial charge on any atom is -0.476 e. The molecule has 38 heavy (non-hydrogen) atoms. The van der Waals surface area contributed by atoms with Gasteiger partial charge in [-0.25, -0.2) is 19.6 Å². The first-order chi connectivity index (χ1) is 18.1. The third-order valence-electron chi connectivity index (χ3n) is 7.20. The van der Waals surface area contributed by atoms with Gasteiger partial charge in [-0.3, -0.25) is 9.36 Å². The number of nitrogens with zero attached hydrogens (tertiary/aromatic N) is 4. The van der Waals surface area contributed by atoms with Crippen molar-refractivity contribution in [1.29, 1.82) is 0 Å². The number of aromatic carboxylic acids is 1. The van der Waals surface area contributed by atoms with Crippen molar-refractivity contribution in [3.8, 4) is 0 Å². The second-order valence-corrected chi connectivity index (χ2v) is 10.2. The number of piperidine rings is 1. The minimum absolute atomic E-state index is 0.0821. The summed E-state index contributed by atoms with van der Waals surface area (Å²) in [6, 6.07) is 6.45. The Labute approximate surface area is 223 Å². The van der Waals surface area contributed by atoms with Crippen LogP contribution in [0, 0.1) is 18.8 Å². The van der Waals surface area contributed by atoms with Crippen molar-refractivity contribution in [3.63, 3.8) is 0 Å². The van der Waals surface area contributed by atoms with E-state index in [0.29, 0.717) is 42.2 Å². The molecule has 3 atom stereocenters. The van der Waals surface area contributed by atoms with E-state index < -0.39 is 18.1 Å². The predicted octanol–water partition coefficient (Wildman–Crippen LogP) is 3.34. The Balaban J connectivity index is 1.46. The Morgan fingerprint density at radius 3 is 2.61 bits per heavy atom. The lowest BCUT2D eigenvalue weighted by molar-refractivity contribution is 0.0691. The van der Waals surface area contributed by atoms with Gasteiger partial charge in [0.15, 0.2) is 5.69 Å². The number of carbonyl (C=O) groups excluding carboxylic acids is 1. The number of aryl methyl sites for hydroxylation is 1. The molecule has 1 amide bonds. The number of aromatic nitrogens is 3. The van der Waals surface area contributed by atoms with Gasteiger partial charge in [0.1, 0.15) is 11.3 Å². The second-order valence-electron chi connectivity index (χ2n) is 9.86. The SMILES string of the molecule is CCNC(=O)OC1[C@H]2CN(c3nc4c([C@@H](C)Nc5ccc(Cl)nc5C(=O)O)cc(C)cc4c(=O)n3C)C[C@H]12. The molecule has 0 radical (unpaired) electrons. The van der Waals surface area contributed by atoms with Gasteiger partial charge in [-0.1, -0.05) is 17.7 Å². The Morgan fingerprint density at radius 1 is 1.24 bits per heavy atom. The molecule has 200 valence electrons. The number of halogens is 1. The van der Waals surface area contributed by atoms with Gasteiger partial charge >= 0.3 is 12.1 Å². The molecule has 5 rings (SSSR count). The smallest absolute Gasteiger partial charge is 0.407 e. The number of hydrogen-bond donors (Lipinski definition) is 3. The number of fused-ring (bicyclic) bond motifs is 2. The van der Waals surface area contributed by atoms with E-state index in [2.05, 4.69) is 20.5 Å². The highest BCUT2D eigenvalue weighted by molar-refractivity contribution is 6.29. The maximum absolute atomic E-state index is 13.4. The quantitative estimate of drug-likeness (QED) is 0.385. The summed E-state index contributed by atoms with van der Waals surface area (Å²) < 4.78 is 7.06. The molecule has 0 unspecified atom stereocenters. The van der Waals surface area contributed by atoms with Crippen LogP contribution in [0.25, 0.3) is 10.9 Å². The van der Waals surface area contributed by atoms with Crippen LogP contribution in [0.5, 0.6) is 0 Å². The van der Waals surface area contributed by atoms with Gasteiger partial charge in [-0.15, -0.1) is 0 Å². The maximum atomic E-state index is 13.4. The number of carbonyl (C=O) groups is 2. The lowest BCUT2D eigenvalue weighted by Gasteiger charge is -2.25. The lowest BCUT2D eigenvalue weighted by Crippen LogP contribution is -2.34. The number of hydrogen-bond acceptors (Lipinski definition) is 8. The molecule has 2 aliphatic rings. The molecule has 1 aliphatic heterocycles. The van der Waals surface area contributed by atoms with Crippen molar-refractivity contribution < 1.29 is 19.4 Å². The van der Waals surface area contributed by atoms with Gasteiger partial charge in [0.25, 0.3) is 5.56 Å². The fourth-order valence-corrected chi connectivity index (χ4v) is 5.45. The standard InChI is InChI=1S/C26H29ClN6O5/c1-5-28-26(37)38-22-16-10-33(11-17(16)22)25-31-20-14(8-12(2)9-15(20)23(34)32(25)4)13(3)29-18-6-7-19(27)30-21(18)24(35)36/h6-9,13,16-17,22,29H,5,10-11H2,1-4H3,(H,28,37)(H,35,36)/t13-,16+,17+/m1/s1. The minimum atomic E-state index is -1.20. The van der Waals surface area contributed by atoms with E-state index in [0.717, 1.165) is 11.1 Å². The number of rotatable bonds is 7. The van der Waals surface area contributed by atoms with E-state index in [9.17, 15) is 19.5 Å². The highest BCUT2D eigenvalue weighted by Gasteiger charge is 2.59. The summed E-state index contributed by atoms with van der Waals surface area (Å²) in [6.07, 6.45) is -0.521. The van der Waals surface area contributed by atoms with Gasteiger partial charge in [-0.2, -0.15) is 0 Å². The van der Waals surface area contributed by atoms with Crippen LogP contribution >= 0.6 is 11.6 Å². The van der Waals surface area contributed by atoms with Crippen LogP contribution in [0.3, 0.4) is 0 Å². The predicted molar refractivity (Wildman–Crippen MR) is 143 cm³/mol. The third kappa shape index (κ3) is 4.62. The van der Waals surface area contributed by atoms with Gasteiger partial charge in [-0.05, 0) is 44.5 Å². The normalized spacial score (nSPS) is 20.7. The van der Waals surface area contributed by atoms with Crippen LogP contribution in [-0.4, -0.2) is 57.4 Å². The number of pyridine rings is 1. The molecular weight excluding hydrogens is 512 g/mol. The fourth-order valence-electron chi connectivity index (χ4n) is 5.30. The zero-order valence-electron chi connectivity index (χ0n) is 21.5. The van der Waals surface area contributed by atoms with Crippen LogP contribution in [0.15, 0.2) is 29.1 Å². The Bertz CT molecular complexity index is 1500. The van der Waals surface area contributed by atoms with Crippen molar-refractivity contribution in [3.05, 3.63) is 56.6 Å². The Kier molecular flexibility index (Phi) is 6.64. The van der Waals surface area contributed by atoms with Crippen LogP contribution in [-0.2, 0) is 11.8 Å². The first kappa shape index (κ1) is 25.8. The van der Waals surface area contributed by atoms with Crippen LogP contribution < -0.4 is 21.1 Å². The van der Waals surface area contributed by atoms with Crippen LogP contribution in [0.4, 0.5) is 16.4 Å². The summed E-state index contributed by atoms with van der Waals surface area (Å²) in [5.41, 5.74) is 2.14. The molecule has 2 fully saturated rings. The molecule has 11 nitrogen and oxygen atoms in total. The molecule has 2 aromatic heterocycles. The van der Waals surface area contributed by atoms with Crippen molar-refractivity contribution in [1.82, 2.24) is 19.9 Å². The van der Waals surface area contributed by atoms with E-state index in [-0.39, 0.29) is 34.3 Å². The Morgan fingerprint density at radius 2 is 1.95 bits per heavy atom. The molecule has 0 bridgehead atoms. The number of carboxylic acids is 1. The first-order valence-corrected chi connectivity index (χ1v) is 12.8. The van der Waals surface area contributed by atoms with E-state index in [1.807, 2.05) is 32.9 Å². The van der Waals surface area contributed by atoms with Crippen molar-refractivity contribution in [2.24, 2.45) is 18.9 Å². The zero-order chi connectivity index (χ0) is 27.3. The number of nitrogens with one attached hydrogen (secondary N) is 2.